The van der Waals surface area contributed by atoms with Crippen molar-refractivity contribution in [3.05, 3.63) is 105 Å². The van der Waals surface area contributed by atoms with E-state index in [0.29, 0.717) is 5.56 Å². The molecule has 2 saturated heterocycles. The molecule has 1 aliphatic carbocycles. The van der Waals surface area contributed by atoms with Crippen molar-refractivity contribution in [1.29, 1.82) is 0 Å². The summed E-state index contributed by atoms with van der Waals surface area (Å²) in [6.45, 7) is 0. The first-order valence-corrected chi connectivity index (χ1v) is 11.0. The molecule has 9 nitrogen and oxygen atoms in total. The summed E-state index contributed by atoms with van der Waals surface area (Å²) < 4.78 is 19.7. The van der Waals surface area contributed by atoms with Gasteiger partial charge < -0.3 is 4.74 Å². The third-order valence-corrected chi connectivity index (χ3v) is 7.04. The number of carbonyl (C=O) groups is 4. The van der Waals surface area contributed by atoms with Gasteiger partial charge in [0.05, 0.1) is 28.6 Å². The number of hydrogen-bond donors (Lipinski definition) is 0. The average molecular weight is 486 g/mol. The van der Waals surface area contributed by atoms with E-state index < -0.39 is 57.7 Å². The van der Waals surface area contributed by atoms with Crippen LogP contribution < -0.4 is 4.90 Å². The number of Topliss-reactive ketones (excluding diaryl/α,β-unsaturated/α-hetero) is 2. The number of fused-ring (bicyclic) bond motifs is 3. The van der Waals surface area contributed by atoms with Crippen LogP contribution >= 0.6 is 0 Å². The Morgan fingerprint density at radius 2 is 1.42 bits per heavy atom. The molecule has 10 heteroatoms. The number of amides is 2. The Kier molecular flexibility index (Phi) is 4.55. The first-order chi connectivity index (χ1) is 17.3. The molecule has 3 aromatic rings. The average Bonchev–Trinajstić information content (AvgIpc) is 3.44. The summed E-state index contributed by atoms with van der Waals surface area (Å²) in [5, 5.41) is 11.0. The third kappa shape index (κ3) is 2.73. The molecule has 6 rings (SSSR count). The predicted octanol–water partition coefficient (Wildman–Crippen LogP) is 3.43. The van der Waals surface area contributed by atoms with Gasteiger partial charge in [-0.25, -0.2) is 9.29 Å². The van der Waals surface area contributed by atoms with E-state index in [-0.39, 0.29) is 22.5 Å². The number of ketones is 2. The van der Waals surface area contributed by atoms with E-state index in [1.54, 1.807) is 12.1 Å². The second kappa shape index (κ2) is 7.46. The van der Waals surface area contributed by atoms with Crippen LogP contribution in [0.2, 0.25) is 0 Å². The van der Waals surface area contributed by atoms with Crippen LogP contribution in [0.3, 0.4) is 0 Å². The van der Waals surface area contributed by atoms with Crippen LogP contribution in [0.25, 0.3) is 0 Å². The first-order valence-electron chi connectivity index (χ1n) is 11.0. The van der Waals surface area contributed by atoms with Crippen molar-refractivity contribution in [2.24, 2.45) is 11.8 Å². The van der Waals surface area contributed by atoms with Crippen molar-refractivity contribution in [1.82, 2.24) is 0 Å². The lowest BCUT2D eigenvalue weighted by atomic mass is 9.77. The van der Waals surface area contributed by atoms with Crippen LogP contribution in [0.15, 0.2) is 72.8 Å². The molecule has 0 aromatic heterocycles. The highest BCUT2D eigenvalue weighted by Gasteiger charge is 2.74. The Labute approximate surface area is 202 Å². The van der Waals surface area contributed by atoms with Gasteiger partial charge in [0.15, 0.2) is 0 Å². The fourth-order valence-corrected chi connectivity index (χ4v) is 5.45. The molecule has 178 valence electrons. The number of halogens is 1. The number of rotatable bonds is 3. The summed E-state index contributed by atoms with van der Waals surface area (Å²) in [6, 6.07) is 15.9. The summed E-state index contributed by atoms with van der Waals surface area (Å²) in [6.07, 6.45) is -1.18. The topological polar surface area (TPSA) is 124 Å². The third-order valence-electron chi connectivity index (χ3n) is 7.04. The number of nitrogens with zero attached hydrogens (tertiary/aromatic N) is 2. The fourth-order valence-electron chi connectivity index (χ4n) is 5.45. The number of nitro groups is 1. The number of imide groups is 1. The van der Waals surface area contributed by atoms with E-state index in [2.05, 4.69) is 0 Å². The summed E-state index contributed by atoms with van der Waals surface area (Å²) in [4.78, 5) is 66.0. The predicted molar refractivity (Wildman–Crippen MR) is 121 cm³/mol. The Hall–Kier alpha value is -4.57. The summed E-state index contributed by atoms with van der Waals surface area (Å²) >= 11 is 0. The van der Waals surface area contributed by atoms with Gasteiger partial charge in [-0.15, -0.1) is 0 Å². The molecule has 2 fully saturated rings. The van der Waals surface area contributed by atoms with Gasteiger partial charge in [0.1, 0.15) is 5.82 Å². The van der Waals surface area contributed by atoms with Gasteiger partial charge in [0.2, 0.25) is 29.0 Å². The van der Waals surface area contributed by atoms with E-state index in [9.17, 15) is 33.7 Å². The highest BCUT2D eigenvalue weighted by Crippen LogP contribution is 2.57. The van der Waals surface area contributed by atoms with E-state index in [1.807, 2.05) is 0 Å². The van der Waals surface area contributed by atoms with Crippen LogP contribution in [0.5, 0.6) is 0 Å². The molecular formula is C26H15FN2O7. The summed E-state index contributed by atoms with van der Waals surface area (Å²) in [5.41, 5.74) is -1.92. The van der Waals surface area contributed by atoms with Gasteiger partial charge in [-0.2, -0.15) is 0 Å². The van der Waals surface area contributed by atoms with Gasteiger partial charge in [0.25, 0.3) is 5.69 Å². The molecular weight excluding hydrogens is 471 g/mol. The maximum Gasteiger partial charge on any atom is 0.269 e. The molecule has 2 amide bonds. The molecule has 2 heterocycles. The van der Waals surface area contributed by atoms with E-state index >= 15 is 0 Å². The van der Waals surface area contributed by atoms with Crippen LogP contribution in [0.4, 0.5) is 15.8 Å². The second-order valence-corrected chi connectivity index (χ2v) is 8.82. The van der Waals surface area contributed by atoms with Gasteiger partial charge in [0, 0.05) is 23.3 Å². The normalized spacial score (nSPS) is 23.9. The zero-order valence-corrected chi connectivity index (χ0v) is 18.3. The number of anilines is 1. The van der Waals surface area contributed by atoms with Gasteiger partial charge in [-0.05, 0) is 29.8 Å². The molecule has 3 aromatic carbocycles. The van der Waals surface area contributed by atoms with Crippen molar-refractivity contribution in [3.8, 4) is 0 Å². The molecule has 3 atom stereocenters. The minimum absolute atomic E-state index is 0.0633. The summed E-state index contributed by atoms with van der Waals surface area (Å²) in [7, 11) is 0. The Balaban J connectivity index is 1.51. The maximum absolute atomic E-state index is 13.8. The number of nitro benzene ring substituents is 1. The molecule has 2 aliphatic heterocycles. The molecule has 3 aliphatic rings. The number of hydrogen-bond acceptors (Lipinski definition) is 7. The number of ether oxygens (including phenoxy) is 1. The minimum Gasteiger partial charge on any atom is -0.349 e. The molecule has 0 saturated carbocycles. The van der Waals surface area contributed by atoms with Crippen molar-refractivity contribution in [2.45, 2.75) is 11.7 Å². The lowest BCUT2D eigenvalue weighted by Crippen LogP contribution is -2.51. The van der Waals surface area contributed by atoms with Crippen molar-refractivity contribution in [3.63, 3.8) is 0 Å². The molecule has 36 heavy (non-hydrogen) atoms. The lowest BCUT2D eigenvalue weighted by Gasteiger charge is -2.27. The molecule has 1 spiro atoms. The number of benzene rings is 3. The Morgan fingerprint density at radius 3 is 1.97 bits per heavy atom. The highest BCUT2D eigenvalue weighted by molar-refractivity contribution is 6.37. The van der Waals surface area contributed by atoms with E-state index in [4.69, 9.17) is 4.74 Å². The smallest absolute Gasteiger partial charge is 0.269 e. The zero-order chi connectivity index (χ0) is 25.4. The lowest BCUT2D eigenvalue weighted by molar-refractivity contribution is -0.384. The minimum atomic E-state index is -2.25. The molecule has 0 bridgehead atoms. The molecule has 0 N–H and O–H groups in total. The Morgan fingerprint density at radius 1 is 0.833 bits per heavy atom. The van der Waals surface area contributed by atoms with Crippen molar-refractivity contribution >= 4 is 34.8 Å². The van der Waals surface area contributed by atoms with Crippen LogP contribution in [0.1, 0.15) is 32.4 Å². The Bertz CT molecular complexity index is 1460. The first kappa shape index (κ1) is 21.9. The van der Waals surface area contributed by atoms with Crippen LogP contribution in [0, 0.1) is 27.8 Å². The maximum atomic E-state index is 13.8. The van der Waals surface area contributed by atoms with Crippen LogP contribution in [-0.4, -0.2) is 33.9 Å². The molecule has 0 unspecified atom stereocenters. The van der Waals surface area contributed by atoms with Gasteiger partial charge in [-0.3, -0.25) is 29.3 Å². The quantitative estimate of drug-likeness (QED) is 0.240. The standard InChI is InChI=1S/C26H15FN2O7/c27-14-7-5-13(6-8-14)21-19-20(26(36-21)22(30)17-3-1-2-4-18(17)23(26)31)25(33)28(24(19)32)15-9-11-16(12-10-15)29(34)35/h1-12,19-21H/t19-,20-,21-/m1/s1. The number of non-ortho nitro benzene ring substituents is 1. The highest BCUT2D eigenvalue weighted by atomic mass is 19.1. The second-order valence-electron chi connectivity index (χ2n) is 8.82. The van der Waals surface area contributed by atoms with Gasteiger partial charge in [-0.1, -0.05) is 36.4 Å². The van der Waals surface area contributed by atoms with Crippen LogP contribution in [-0.2, 0) is 14.3 Å². The monoisotopic (exact) mass is 486 g/mol. The molecule has 0 radical (unpaired) electrons. The van der Waals surface area contributed by atoms with E-state index in [0.717, 1.165) is 29.2 Å². The van der Waals surface area contributed by atoms with Crippen molar-refractivity contribution < 1.29 is 33.2 Å². The number of carbonyl (C=O) groups excluding carboxylic acids is 4. The fraction of sp³-hybridized carbons (Fsp3) is 0.154. The largest absolute Gasteiger partial charge is 0.349 e. The SMILES string of the molecule is O=C1[C@H]2[C@@H](c3ccc(F)cc3)OC3(C(=O)c4ccccc4C3=O)[C@H]2C(=O)N1c1ccc([N+](=O)[O-])cc1. The zero-order valence-electron chi connectivity index (χ0n) is 18.3. The summed E-state index contributed by atoms with van der Waals surface area (Å²) in [5.74, 6) is -6.23. The van der Waals surface area contributed by atoms with Crippen molar-refractivity contribution in [2.75, 3.05) is 4.90 Å². The van der Waals surface area contributed by atoms with E-state index in [1.165, 1.54) is 36.4 Å². The van der Waals surface area contributed by atoms with Gasteiger partial charge >= 0.3 is 0 Å².